The van der Waals surface area contributed by atoms with Crippen molar-refractivity contribution < 1.29 is 28.2 Å². The third-order valence-corrected chi connectivity index (χ3v) is 11.4. The molecule has 0 amide bonds. The highest BCUT2D eigenvalue weighted by molar-refractivity contribution is 6.74. The standard InChI is InChI=1S/C24H34O6Si/c1-16(26)28-14-13-24-12-8-9-19(30-31(6,7)23(2,3)4)22(24)29-21-18(27-5)11-10-17(15-25)20(21)24/h8,10-12,15,19,22H,9,13-14H2,1-7H3/t19-,22+,24-/m0/s1. The largest absolute Gasteiger partial charge is 0.493 e. The van der Waals surface area contributed by atoms with Gasteiger partial charge in [-0.2, -0.15) is 0 Å². The van der Waals surface area contributed by atoms with Crippen LogP contribution in [0.2, 0.25) is 18.1 Å². The number of hydrogen-bond donors (Lipinski definition) is 0. The number of fused-ring (bicyclic) bond motifs is 3. The van der Waals surface area contributed by atoms with Crippen molar-refractivity contribution in [3.63, 3.8) is 0 Å². The second kappa shape index (κ2) is 8.43. The average Bonchev–Trinajstić information content (AvgIpc) is 3.02. The number of ether oxygens (including phenoxy) is 3. The van der Waals surface area contributed by atoms with Crippen molar-refractivity contribution in [3.8, 4) is 11.5 Å². The predicted molar refractivity (Wildman–Crippen MR) is 122 cm³/mol. The Kier molecular flexibility index (Phi) is 6.40. The molecule has 0 saturated heterocycles. The Bertz CT molecular complexity index is 885. The first kappa shape index (κ1) is 23.5. The maximum absolute atomic E-state index is 12.0. The molecule has 170 valence electrons. The van der Waals surface area contributed by atoms with E-state index >= 15 is 0 Å². The van der Waals surface area contributed by atoms with Gasteiger partial charge in [-0.1, -0.05) is 32.9 Å². The fourth-order valence-electron chi connectivity index (χ4n) is 4.31. The molecule has 1 aliphatic carbocycles. The van der Waals surface area contributed by atoms with Gasteiger partial charge < -0.3 is 18.6 Å². The Hall–Kier alpha value is -2.12. The summed E-state index contributed by atoms with van der Waals surface area (Å²) in [6, 6.07) is 3.52. The van der Waals surface area contributed by atoms with Crippen molar-refractivity contribution in [1.29, 1.82) is 0 Å². The first-order valence-electron chi connectivity index (χ1n) is 10.8. The van der Waals surface area contributed by atoms with Gasteiger partial charge in [-0.15, -0.1) is 0 Å². The van der Waals surface area contributed by atoms with Gasteiger partial charge in [-0.3, -0.25) is 9.59 Å². The fourth-order valence-corrected chi connectivity index (χ4v) is 5.64. The van der Waals surface area contributed by atoms with Crippen molar-refractivity contribution in [1.82, 2.24) is 0 Å². The molecule has 0 saturated carbocycles. The van der Waals surface area contributed by atoms with Crippen molar-refractivity contribution >= 4 is 20.6 Å². The van der Waals surface area contributed by atoms with E-state index < -0.39 is 13.7 Å². The van der Waals surface area contributed by atoms with E-state index in [2.05, 4.69) is 46.0 Å². The van der Waals surface area contributed by atoms with Crippen molar-refractivity contribution in [2.45, 2.75) is 76.3 Å². The summed E-state index contributed by atoms with van der Waals surface area (Å²) < 4.78 is 24.2. The smallest absolute Gasteiger partial charge is 0.302 e. The summed E-state index contributed by atoms with van der Waals surface area (Å²) in [5.41, 5.74) is 0.707. The van der Waals surface area contributed by atoms with Crippen molar-refractivity contribution in [2.24, 2.45) is 0 Å². The van der Waals surface area contributed by atoms with Gasteiger partial charge in [0.2, 0.25) is 0 Å². The van der Waals surface area contributed by atoms with Crippen LogP contribution in [0.3, 0.4) is 0 Å². The SMILES string of the molecule is COc1ccc(C=O)c2c1O[C@@H]1[C@@H](O[Si](C)(C)C(C)(C)C)CC=C[C@]21CCOC(C)=O. The van der Waals surface area contributed by atoms with E-state index in [1.165, 1.54) is 6.92 Å². The minimum Gasteiger partial charge on any atom is -0.493 e. The van der Waals surface area contributed by atoms with E-state index in [9.17, 15) is 9.59 Å². The number of carbonyl (C=O) groups excluding carboxylic acids is 2. The first-order chi connectivity index (χ1) is 14.5. The van der Waals surface area contributed by atoms with E-state index in [1.54, 1.807) is 19.2 Å². The molecule has 0 aromatic heterocycles. The summed E-state index contributed by atoms with van der Waals surface area (Å²) in [4.78, 5) is 23.4. The van der Waals surface area contributed by atoms with Crippen LogP contribution in [0, 0.1) is 0 Å². The predicted octanol–water partition coefficient (Wildman–Crippen LogP) is 4.81. The van der Waals surface area contributed by atoms with E-state index in [-0.39, 0.29) is 29.8 Å². The van der Waals surface area contributed by atoms with Crippen LogP contribution in [0.1, 0.15) is 56.5 Å². The van der Waals surface area contributed by atoms with Gasteiger partial charge in [0.15, 0.2) is 26.1 Å². The Morgan fingerprint density at radius 2 is 2.03 bits per heavy atom. The van der Waals surface area contributed by atoms with Gasteiger partial charge in [0.25, 0.3) is 0 Å². The van der Waals surface area contributed by atoms with Gasteiger partial charge in [0, 0.05) is 18.1 Å². The zero-order chi connectivity index (χ0) is 23.0. The number of rotatable bonds is 7. The van der Waals surface area contributed by atoms with Gasteiger partial charge in [0.05, 0.1) is 25.2 Å². The molecule has 0 spiro atoms. The molecule has 7 heteroatoms. The molecule has 1 aromatic rings. The van der Waals surface area contributed by atoms with Crippen LogP contribution in [-0.2, 0) is 19.4 Å². The van der Waals surface area contributed by atoms with Gasteiger partial charge >= 0.3 is 5.97 Å². The molecule has 0 unspecified atom stereocenters. The third kappa shape index (κ3) is 4.17. The lowest BCUT2D eigenvalue weighted by molar-refractivity contribution is -0.141. The maximum Gasteiger partial charge on any atom is 0.302 e. The normalized spacial score (nSPS) is 24.7. The lowest BCUT2D eigenvalue weighted by Crippen LogP contribution is -2.54. The summed E-state index contributed by atoms with van der Waals surface area (Å²) in [6.45, 7) is 12.7. The van der Waals surface area contributed by atoms with Gasteiger partial charge in [-0.05, 0) is 43.1 Å². The summed E-state index contributed by atoms with van der Waals surface area (Å²) in [5.74, 6) is 0.832. The highest BCUT2D eigenvalue weighted by atomic mass is 28.4. The summed E-state index contributed by atoms with van der Waals surface area (Å²) in [7, 11) is -0.492. The molecular formula is C24H34O6Si. The fraction of sp³-hybridized carbons (Fsp3) is 0.583. The molecule has 0 bridgehead atoms. The van der Waals surface area contributed by atoms with Crippen LogP contribution in [-0.4, -0.2) is 46.5 Å². The molecule has 0 N–H and O–H groups in total. The molecule has 31 heavy (non-hydrogen) atoms. The number of methoxy groups -OCH3 is 1. The zero-order valence-electron chi connectivity index (χ0n) is 19.6. The molecule has 0 radical (unpaired) electrons. The van der Waals surface area contributed by atoms with Crippen LogP contribution in [0.15, 0.2) is 24.3 Å². The Morgan fingerprint density at radius 3 is 2.61 bits per heavy atom. The Balaban J connectivity index is 2.10. The summed E-state index contributed by atoms with van der Waals surface area (Å²) in [5, 5.41) is 0.0473. The minimum absolute atomic E-state index is 0.0473. The zero-order valence-corrected chi connectivity index (χ0v) is 20.6. The monoisotopic (exact) mass is 446 g/mol. The number of benzene rings is 1. The average molecular weight is 447 g/mol. The second-order valence-electron chi connectivity index (χ2n) is 9.90. The van der Waals surface area contributed by atoms with Crippen molar-refractivity contribution in [3.05, 3.63) is 35.4 Å². The van der Waals surface area contributed by atoms with Crippen molar-refractivity contribution in [2.75, 3.05) is 13.7 Å². The number of carbonyl (C=O) groups is 2. The number of aldehydes is 1. The third-order valence-electron chi connectivity index (χ3n) is 6.91. The van der Waals surface area contributed by atoms with E-state index in [1.807, 2.05) is 0 Å². The van der Waals surface area contributed by atoms with Crippen LogP contribution in [0.4, 0.5) is 0 Å². The maximum atomic E-state index is 12.0. The highest BCUT2D eigenvalue weighted by Gasteiger charge is 2.56. The lowest BCUT2D eigenvalue weighted by atomic mass is 9.68. The van der Waals surface area contributed by atoms with Gasteiger partial charge in [-0.25, -0.2) is 0 Å². The van der Waals surface area contributed by atoms with E-state index in [4.69, 9.17) is 18.6 Å². The van der Waals surface area contributed by atoms with E-state index in [0.29, 0.717) is 23.5 Å². The molecule has 6 nitrogen and oxygen atoms in total. The topological polar surface area (TPSA) is 71.1 Å². The number of esters is 1. The molecule has 1 heterocycles. The molecule has 3 rings (SSSR count). The van der Waals surface area contributed by atoms with Crippen LogP contribution < -0.4 is 9.47 Å². The quantitative estimate of drug-likeness (QED) is 0.259. The summed E-state index contributed by atoms with van der Waals surface area (Å²) >= 11 is 0. The molecule has 2 aliphatic rings. The molecule has 1 aliphatic heterocycles. The van der Waals surface area contributed by atoms with E-state index in [0.717, 1.165) is 18.3 Å². The highest BCUT2D eigenvalue weighted by Crippen LogP contribution is 2.55. The first-order valence-corrected chi connectivity index (χ1v) is 13.7. The molecule has 1 aromatic carbocycles. The minimum atomic E-state index is -2.08. The number of hydrogen-bond acceptors (Lipinski definition) is 6. The Labute approximate surface area is 186 Å². The van der Waals surface area contributed by atoms with Crippen LogP contribution in [0.25, 0.3) is 0 Å². The molecule has 3 atom stereocenters. The van der Waals surface area contributed by atoms with Gasteiger partial charge in [0.1, 0.15) is 6.10 Å². The van der Waals surface area contributed by atoms with Crippen LogP contribution >= 0.6 is 0 Å². The second-order valence-corrected chi connectivity index (χ2v) is 14.7. The summed E-state index contributed by atoms with van der Waals surface area (Å²) in [6.07, 6.45) is 5.75. The van der Waals surface area contributed by atoms with Crippen LogP contribution in [0.5, 0.6) is 11.5 Å². The Morgan fingerprint density at radius 1 is 1.32 bits per heavy atom. The molecule has 0 fully saturated rings. The molecular weight excluding hydrogens is 412 g/mol. The lowest BCUT2D eigenvalue weighted by Gasteiger charge is -2.45.